The van der Waals surface area contributed by atoms with Gasteiger partial charge in [0.05, 0.1) is 12.5 Å². The molecule has 1 fully saturated rings. The van der Waals surface area contributed by atoms with Gasteiger partial charge in [0, 0.05) is 6.42 Å². The van der Waals surface area contributed by atoms with Crippen LogP contribution in [-0.2, 0) is 19.1 Å². The summed E-state index contributed by atoms with van der Waals surface area (Å²) in [6.07, 6.45) is 30.3. The van der Waals surface area contributed by atoms with Crippen LogP contribution in [0, 0.1) is 17.8 Å². The summed E-state index contributed by atoms with van der Waals surface area (Å²) >= 11 is 0. The van der Waals surface area contributed by atoms with Crippen LogP contribution in [0.4, 0.5) is 0 Å². The Morgan fingerprint density at radius 1 is 0.622 bits per heavy atom. The fraction of sp³-hybridized carbons (Fsp3) is 0.950. The first-order valence-corrected chi connectivity index (χ1v) is 20.0. The number of esters is 2. The average Bonchev–Trinajstić information content (AvgIpc) is 3.02. The molecule has 0 radical (unpaired) electrons. The predicted octanol–water partition coefficient (Wildman–Crippen LogP) is 11.5. The van der Waals surface area contributed by atoms with Crippen molar-refractivity contribution in [3.63, 3.8) is 0 Å². The molecule has 0 spiro atoms. The first-order valence-electron chi connectivity index (χ1n) is 20.0. The highest BCUT2D eigenvalue weighted by Crippen LogP contribution is 2.26. The fourth-order valence-electron chi connectivity index (χ4n) is 7.25. The predicted molar refractivity (Wildman–Crippen MR) is 192 cm³/mol. The number of carbonyl (C=O) groups excluding carboxylic acids is 2. The Kier molecular flexibility index (Phi) is 27.1. The monoisotopic (exact) mass is 636 g/mol. The van der Waals surface area contributed by atoms with E-state index in [-0.39, 0.29) is 24.0 Å². The van der Waals surface area contributed by atoms with Crippen LogP contribution in [0.3, 0.4) is 0 Å². The van der Waals surface area contributed by atoms with E-state index in [1.807, 2.05) is 0 Å². The van der Waals surface area contributed by atoms with Gasteiger partial charge in [-0.1, -0.05) is 130 Å². The van der Waals surface area contributed by atoms with Crippen molar-refractivity contribution in [3.8, 4) is 0 Å². The summed E-state index contributed by atoms with van der Waals surface area (Å²) in [5, 5.41) is 0. The van der Waals surface area contributed by atoms with Crippen molar-refractivity contribution in [2.45, 2.75) is 201 Å². The molecule has 0 aromatic carbocycles. The topological polar surface area (TPSA) is 55.8 Å². The second-order valence-corrected chi connectivity index (χ2v) is 14.6. The Morgan fingerprint density at radius 3 is 1.64 bits per heavy atom. The van der Waals surface area contributed by atoms with E-state index in [0.29, 0.717) is 18.9 Å². The highest BCUT2D eigenvalue weighted by molar-refractivity contribution is 5.72. The molecule has 0 saturated carbocycles. The van der Waals surface area contributed by atoms with Crippen molar-refractivity contribution in [2.75, 3.05) is 26.7 Å². The van der Waals surface area contributed by atoms with Gasteiger partial charge in [0.2, 0.25) is 0 Å². The first kappa shape index (κ1) is 41.9. The third kappa shape index (κ3) is 23.0. The lowest BCUT2D eigenvalue weighted by atomic mass is 9.86. The van der Waals surface area contributed by atoms with E-state index in [9.17, 15) is 9.59 Å². The normalized spacial score (nSPS) is 15.8. The molecule has 1 aliphatic rings. The fourth-order valence-corrected chi connectivity index (χ4v) is 7.25. The van der Waals surface area contributed by atoms with E-state index < -0.39 is 0 Å². The lowest BCUT2D eigenvalue weighted by molar-refractivity contribution is -0.156. The zero-order chi connectivity index (χ0) is 33.0. The van der Waals surface area contributed by atoms with Crippen molar-refractivity contribution in [1.29, 1.82) is 0 Å². The number of hydrogen-bond donors (Lipinski definition) is 0. The lowest BCUT2D eigenvalue weighted by Crippen LogP contribution is -2.35. The number of hydrogen-bond acceptors (Lipinski definition) is 5. The molecule has 0 aromatic rings. The largest absolute Gasteiger partial charge is 0.465 e. The molecule has 0 aromatic heterocycles. The minimum absolute atomic E-state index is 0.00568. The summed E-state index contributed by atoms with van der Waals surface area (Å²) in [6.45, 7) is 11.7. The molecule has 1 heterocycles. The molecule has 2 unspecified atom stereocenters. The standard InChI is InChI=1S/C40H77NO4/c1-6-10-11-12-13-14-17-20-26-38(45-40(43)37-29-31-41(5)32-30-37)27-21-18-15-16-19-22-28-39(42)44-34-36(25-9-4)33-35(23-7-2)24-8-3/h35-38H,6-34H2,1-5H3. The average molecular weight is 636 g/mol. The van der Waals surface area contributed by atoms with Crippen molar-refractivity contribution >= 4 is 11.9 Å². The molecular formula is C40H77NO4. The summed E-state index contributed by atoms with van der Waals surface area (Å²) in [6, 6.07) is 0. The number of ether oxygens (including phenoxy) is 2. The van der Waals surface area contributed by atoms with Gasteiger partial charge in [-0.25, -0.2) is 0 Å². The SMILES string of the molecule is CCCCCCCCCCC(CCCCCCCCC(=O)OCC(CCC)CC(CCC)CCC)OC(=O)C1CCN(C)CC1. The van der Waals surface area contributed by atoms with E-state index in [1.54, 1.807) is 0 Å². The number of carbonyl (C=O) groups is 2. The number of rotatable bonds is 30. The molecule has 2 atom stereocenters. The van der Waals surface area contributed by atoms with E-state index in [1.165, 1.54) is 103 Å². The molecule has 5 nitrogen and oxygen atoms in total. The van der Waals surface area contributed by atoms with Gasteiger partial charge in [-0.3, -0.25) is 9.59 Å². The maximum atomic E-state index is 13.0. The van der Waals surface area contributed by atoms with Crippen molar-refractivity contribution < 1.29 is 19.1 Å². The van der Waals surface area contributed by atoms with Gasteiger partial charge in [-0.2, -0.15) is 0 Å². The second kappa shape index (κ2) is 29.1. The number of piperidine rings is 1. The minimum atomic E-state index is -0.00568. The summed E-state index contributed by atoms with van der Waals surface area (Å²) in [5.41, 5.74) is 0. The van der Waals surface area contributed by atoms with Crippen LogP contribution in [0.15, 0.2) is 0 Å². The van der Waals surface area contributed by atoms with E-state index in [0.717, 1.165) is 76.8 Å². The highest BCUT2D eigenvalue weighted by Gasteiger charge is 2.27. The van der Waals surface area contributed by atoms with Crippen molar-refractivity contribution in [1.82, 2.24) is 4.90 Å². The summed E-state index contributed by atoms with van der Waals surface area (Å²) in [4.78, 5) is 27.7. The summed E-state index contributed by atoms with van der Waals surface area (Å²) in [7, 11) is 2.14. The van der Waals surface area contributed by atoms with Gasteiger partial charge in [0.1, 0.15) is 6.10 Å². The Hall–Kier alpha value is -1.10. The van der Waals surface area contributed by atoms with Gasteiger partial charge in [0.25, 0.3) is 0 Å². The maximum Gasteiger partial charge on any atom is 0.309 e. The quantitative estimate of drug-likeness (QED) is 0.0580. The molecule has 1 rings (SSSR count). The van der Waals surface area contributed by atoms with Crippen molar-refractivity contribution in [2.24, 2.45) is 17.8 Å². The Labute approximate surface area is 280 Å². The molecule has 0 bridgehead atoms. The van der Waals surface area contributed by atoms with Gasteiger partial charge in [0.15, 0.2) is 0 Å². The van der Waals surface area contributed by atoms with Gasteiger partial charge >= 0.3 is 11.9 Å². The highest BCUT2D eigenvalue weighted by atomic mass is 16.5. The Balaban J connectivity index is 2.27. The molecule has 0 N–H and O–H groups in total. The smallest absolute Gasteiger partial charge is 0.309 e. The molecule has 1 aliphatic heterocycles. The Bertz CT molecular complexity index is 684. The molecule has 0 amide bonds. The van der Waals surface area contributed by atoms with Gasteiger partial charge < -0.3 is 14.4 Å². The molecule has 0 aliphatic carbocycles. The van der Waals surface area contributed by atoms with Crippen LogP contribution >= 0.6 is 0 Å². The molecule has 45 heavy (non-hydrogen) atoms. The van der Waals surface area contributed by atoms with Gasteiger partial charge in [-0.15, -0.1) is 0 Å². The van der Waals surface area contributed by atoms with Crippen LogP contribution in [0.25, 0.3) is 0 Å². The van der Waals surface area contributed by atoms with E-state index >= 15 is 0 Å². The first-order chi connectivity index (χ1) is 21.9. The Morgan fingerprint density at radius 2 is 1.11 bits per heavy atom. The third-order valence-corrected chi connectivity index (χ3v) is 10.1. The van der Waals surface area contributed by atoms with Crippen LogP contribution in [-0.4, -0.2) is 49.7 Å². The molecule has 266 valence electrons. The van der Waals surface area contributed by atoms with Crippen LogP contribution in [0.5, 0.6) is 0 Å². The third-order valence-electron chi connectivity index (χ3n) is 10.1. The minimum Gasteiger partial charge on any atom is -0.465 e. The summed E-state index contributed by atoms with van der Waals surface area (Å²) < 4.78 is 11.9. The molecule has 5 heteroatoms. The second-order valence-electron chi connectivity index (χ2n) is 14.6. The van der Waals surface area contributed by atoms with E-state index in [2.05, 4.69) is 39.6 Å². The lowest BCUT2D eigenvalue weighted by Gasteiger charge is -2.29. The van der Waals surface area contributed by atoms with Crippen molar-refractivity contribution in [3.05, 3.63) is 0 Å². The van der Waals surface area contributed by atoms with E-state index in [4.69, 9.17) is 9.47 Å². The number of nitrogens with zero attached hydrogens (tertiary/aromatic N) is 1. The number of unbranched alkanes of at least 4 members (excludes halogenated alkanes) is 12. The molecular weight excluding hydrogens is 558 g/mol. The van der Waals surface area contributed by atoms with Crippen LogP contribution in [0.2, 0.25) is 0 Å². The zero-order valence-corrected chi connectivity index (χ0v) is 30.9. The summed E-state index contributed by atoms with van der Waals surface area (Å²) in [5.74, 6) is 1.44. The maximum absolute atomic E-state index is 13.0. The van der Waals surface area contributed by atoms with Gasteiger partial charge in [-0.05, 0) is 89.8 Å². The number of likely N-dealkylation sites (tertiary alicyclic amines) is 1. The van der Waals surface area contributed by atoms with Crippen LogP contribution in [0.1, 0.15) is 195 Å². The molecule has 1 saturated heterocycles. The van der Waals surface area contributed by atoms with Crippen LogP contribution < -0.4 is 0 Å². The zero-order valence-electron chi connectivity index (χ0n) is 30.9.